The van der Waals surface area contributed by atoms with Crippen LogP contribution in [0.15, 0.2) is 34.9 Å². The Morgan fingerprint density at radius 3 is 2.79 bits per heavy atom. The first-order valence-electron chi connectivity index (χ1n) is 10.8. The smallest absolute Gasteiger partial charge is 0.318 e. The van der Waals surface area contributed by atoms with Crippen LogP contribution in [-0.2, 0) is 17.8 Å². The fourth-order valence-electron chi connectivity index (χ4n) is 4.20. The minimum absolute atomic E-state index is 0.00495. The SMILES string of the molecule is O=C(NC1CCCCC1)N1CCCC1c1nc(CCOCc2ccccc2)no1. The van der Waals surface area contributed by atoms with E-state index in [0.29, 0.717) is 37.4 Å². The summed E-state index contributed by atoms with van der Waals surface area (Å²) in [6.45, 7) is 1.84. The van der Waals surface area contributed by atoms with Crippen molar-refractivity contribution in [1.82, 2.24) is 20.4 Å². The van der Waals surface area contributed by atoms with E-state index in [2.05, 4.69) is 15.5 Å². The van der Waals surface area contributed by atoms with Gasteiger partial charge in [-0.15, -0.1) is 0 Å². The summed E-state index contributed by atoms with van der Waals surface area (Å²) in [4.78, 5) is 19.2. The number of hydrogen-bond donors (Lipinski definition) is 1. The van der Waals surface area contributed by atoms with Gasteiger partial charge < -0.3 is 19.5 Å². The standard InChI is InChI=1S/C22H30N4O3/c27-22(23-18-10-5-2-6-11-18)26-14-7-12-19(26)21-24-20(25-29-21)13-15-28-16-17-8-3-1-4-9-17/h1,3-4,8-9,18-19H,2,5-7,10-16H2,(H,23,27). The molecule has 0 radical (unpaired) electrons. The summed E-state index contributed by atoms with van der Waals surface area (Å²) in [5.41, 5.74) is 1.15. The number of aromatic nitrogens is 2. The normalized spacial score (nSPS) is 20.1. The first-order chi connectivity index (χ1) is 14.3. The van der Waals surface area contributed by atoms with Crippen LogP contribution >= 0.6 is 0 Å². The molecule has 2 amide bonds. The van der Waals surface area contributed by atoms with E-state index >= 15 is 0 Å². The Bertz CT molecular complexity index is 773. The van der Waals surface area contributed by atoms with Crippen molar-refractivity contribution in [3.63, 3.8) is 0 Å². The highest BCUT2D eigenvalue weighted by molar-refractivity contribution is 5.75. The molecule has 0 bridgehead atoms. The predicted molar refractivity (Wildman–Crippen MR) is 108 cm³/mol. The van der Waals surface area contributed by atoms with Crippen molar-refractivity contribution in [2.45, 2.75) is 70.1 Å². The van der Waals surface area contributed by atoms with Crippen LogP contribution in [0.25, 0.3) is 0 Å². The van der Waals surface area contributed by atoms with Crippen molar-refractivity contribution in [2.24, 2.45) is 0 Å². The number of urea groups is 1. The molecule has 7 heteroatoms. The van der Waals surface area contributed by atoms with Crippen molar-refractivity contribution in [3.8, 4) is 0 Å². The summed E-state index contributed by atoms with van der Waals surface area (Å²) in [7, 11) is 0. The molecule has 1 aliphatic heterocycles. The van der Waals surface area contributed by atoms with E-state index in [9.17, 15) is 4.79 Å². The van der Waals surface area contributed by atoms with Gasteiger partial charge in [0, 0.05) is 19.0 Å². The van der Waals surface area contributed by atoms with Crippen molar-refractivity contribution < 1.29 is 14.1 Å². The van der Waals surface area contributed by atoms with Crippen LogP contribution in [0.5, 0.6) is 0 Å². The number of nitrogens with one attached hydrogen (secondary N) is 1. The third kappa shape index (κ3) is 5.35. The van der Waals surface area contributed by atoms with Gasteiger partial charge in [-0.05, 0) is 31.2 Å². The average Bonchev–Trinajstić information content (AvgIpc) is 3.42. The Balaban J connectivity index is 1.26. The van der Waals surface area contributed by atoms with Gasteiger partial charge in [0.2, 0.25) is 5.89 Å². The van der Waals surface area contributed by atoms with E-state index < -0.39 is 0 Å². The maximum Gasteiger partial charge on any atom is 0.318 e. The minimum atomic E-state index is -0.120. The number of carbonyl (C=O) groups is 1. The summed E-state index contributed by atoms with van der Waals surface area (Å²) in [5.74, 6) is 1.17. The zero-order valence-electron chi connectivity index (χ0n) is 16.9. The Morgan fingerprint density at radius 1 is 1.14 bits per heavy atom. The average molecular weight is 399 g/mol. The van der Waals surface area contributed by atoms with E-state index in [1.165, 1.54) is 19.3 Å². The first kappa shape index (κ1) is 19.9. The molecule has 7 nitrogen and oxygen atoms in total. The van der Waals surface area contributed by atoms with E-state index in [1.807, 2.05) is 35.2 Å². The second-order valence-electron chi connectivity index (χ2n) is 7.97. The van der Waals surface area contributed by atoms with Crippen LogP contribution in [0.4, 0.5) is 4.79 Å². The third-order valence-corrected chi connectivity index (χ3v) is 5.80. The summed E-state index contributed by atoms with van der Waals surface area (Å²) >= 11 is 0. The fourth-order valence-corrected chi connectivity index (χ4v) is 4.20. The van der Waals surface area contributed by atoms with Crippen LogP contribution in [0.2, 0.25) is 0 Å². The van der Waals surface area contributed by atoms with Gasteiger partial charge in [-0.3, -0.25) is 0 Å². The van der Waals surface area contributed by atoms with Crippen LogP contribution in [0, 0.1) is 0 Å². The second kappa shape index (κ2) is 9.87. The van der Waals surface area contributed by atoms with Crippen LogP contribution in [-0.4, -0.2) is 40.3 Å². The zero-order valence-corrected chi connectivity index (χ0v) is 16.9. The summed E-state index contributed by atoms with van der Waals surface area (Å²) in [5, 5.41) is 7.29. The Labute approximate surface area is 171 Å². The quantitative estimate of drug-likeness (QED) is 0.713. The van der Waals surface area contributed by atoms with Gasteiger partial charge in [0.15, 0.2) is 5.82 Å². The van der Waals surface area contributed by atoms with E-state index in [-0.39, 0.29) is 12.1 Å². The number of nitrogens with zero attached hydrogens (tertiary/aromatic N) is 3. The molecule has 4 rings (SSSR count). The molecule has 2 fully saturated rings. The van der Waals surface area contributed by atoms with Crippen LogP contribution in [0.1, 0.15) is 68.3 Å². The lowest BCUT2D eigenvalue weighted by Crippen LogP contribution is -2.45. The number of benzene rings is 1. The molecule has 1 saturated carbocycles. The number of ether oxygens (including phenoxy) is 1. The molecule has 1 aromatic carbocycles. The Kier molecular flexibility index (Phi) is 6.77. The van der Waals surface area contributed by atoms with Crippen LogP contribution in [0.3, 0.4) is 0 Å². The van der Waals surface area contributed by atoms with Gasteiger partial charge in [-0.2, -0.15) is 4.98 Å². The van der Waals surface area contributed by atoms with E-state index in [4.69, 9.17) is 9.26 Å². The number of rotatable bonds is 7. The highest BCUT2D eigenvalue weighted by Crippen LogP contribution is 2.31. The van der Waals surface area contributed by atoms with Gasteiger partial charge in [0.1, 0.15) is 6.04 Å². The highest BCUT2D eigenvalue weighted by atomic mass is 16.5. The molecule has 1 atom stereocenters. The van der Waals surface area contributed by atoms with Crippen molar-refractivity contribution in [1.29, 1.82) is 0 Å². The molecular weight excluding hydrogens is 368 g/mol. The molecule has 0 spiro atoms. The summed E-state index contributed by atoms with van der Waals surface area (Å²) < 4.78 is 11.2. The molecule has 1 N–H and O–H groups in total. The van der Waals surface area contributed by atoms with Gasteiger partial charge in [0.05, 0.1) is 13.2 Å². The topological polar surface area (TPSA) is 80.5 Å². The fraction of sp³-hybridized carbons (Fsp3) is 0.591. The molecule has 1 aliphatic carbocycles. The molecule has 1 aromatic heterocycles. The highest BCUT2D eigenvalue weighted by Gasteiger charge is 2.34. The van der Waals surface area contributed by atoms with Crippen molar-refractivity contribution >= 4 is 6.03 Å². The molecule has 2 heterocycles. The third-order valence-electron chi connectivity index (χ3n) is 5.80. The number of hydrogen-bond acceptors (Lipinski definition) is 5. The van der Waals surface area contributed by atoms with E-state index in [1.54, 1.807) is 0 Å². The Morgan fingerprint density at radius 2 is 1.97 bits per heavy atom. The predicted octanol–water partition coefficient (Wildman–Crippen LogP) is 4.01. The van der Waals surface area contributed by atoms with Gasteiger partial charge in [0.25, 0.3) is 0 Å². The molecule has 2 aliphatic rings. The molecule has 1 saturated heterocycles. The number of amides is 2. The van der Waals surface area contributed by atoms with Crippen molar-refractivity contribution in [2.75, 3.05) is 13.2 Å². The lowest BCUT2D eigenvalue weighted by atomic mass is 9.96. The molecule has 1 unspecified atom stereocenters. The first-order valence-corrected chi connectivity index (χ1v) is 10.8. The molecule has 156 valence electrons. The molecule has 2 aromatic rings. The lowest BCUT2D eigenvalue weighted by Gasteiger charge is -2.28. The molecule has 29 heavy (non-hydrogen) atoms. The largest absolute Gasteiger partial charge is 0.376 e. The van der Waals surface area contributed by atoms with Crippen LogP contribution < -0.4 is 5.32 Å². The summed E-state index contributed by atoms with van der Waals surface area (Å²) in [6, 6.07) is 10.3. The Hall–Kier alpha value is -2.41. The van der Waals surface area contributed by atoms with E-state index in [0.717, 1.165) is 37.8 Å². The maximum absolute atomic E-state index is 12.8. The monoisotopic (exact) mass is 398 g/mol. The number of carbonyl (C=O) groups excluding carboxylic acids is 1. The summed E-state index contributed by atoms with van der Waals surface area (Å²) in [6.07, 6.45) is 8.26. The minimum Gasteiger partial charge on any atom is -0.376 e. The maximum atomic E-state index is 12.8. The van der Waals surface area contributed by atoms with Gasteiger partial charge in [-0.1, -0.05) is 54.8 Å². The second-order valence-corrected chi connectivity index (χ2v) is 7.97. The van der Waals surface area contributed by atoms with Crippen molar-refractivity contribution in [3.05, 3.63) is 47.6 Å². The zero-order chi connectivity index (χ0) is 19.9. The van der Waals surface area contributed by atoms with Gasteiger partial charge in [-0.25, -0.2) is 4.79 Å². The van der Waals surface area contributed by atoms with Gasteiger partial charge >= 0.3 is 6.03 Å². The number of likely N-dealkylation sites (tertiary alicyclic amines) is 1. The lowest BCUT2D eigenvalue weighted by molar-refractivity contribution is 0.122. The molecular formula is C22H30N4O3.